The molecule has 0 spiro atoms. The van der Waals surface area contributed by atoms with Gasteiger partial charge in [0.1, 0.15) is 5.82 Å². The van der Waals surface area contributed by atoms with E-state index in [0.717, 1.165) is 0 Å². The average Bonchev–Trinajstić information content (AvgIpc) is 2.87. The van der Waals surface area contributed by atoms with Crippen LogP contribution in [0.4, 0.5) is 0 Å². The SMILES string of the molecule is Cc1nc(Cn2c(CCl)nc3ccccc3c2=O)no1. The van der Waals surface area contributed by atoms with Gasteiger partial charge in [-0.1, -0.05) is 17.3 Å². The van der Waals surface area contributed by atoms with Crippen LogP contribution in [0.15, 0.2) is 33.6 Å². The summed E-state index contributed by atoms with van der Waals surface area (Å²) >= 11 is 5.89. The minimum absolute atomic E-state index is 0.136. The van der Waals surface area contributed by atoms with Crippen molar-refractivity contribution < 1.29 is 4.52 Å². The van der Waals surface area contributed by atoms with Crippen LogP contribution >= 0.6 is 11.6 Å². The molecule has 0 saturated carbocycles. The largest absolute Gasteiger partial charge is 0.340 e. The lowest BCUT2D eigenvalue weighted by Crippen LogP contribution is -2.25. The van der Waals surface area contributed by atoms with E-state index in [1.165, 1.54) is 4.57 Å². The highest BCUT2D eigenvalue weighted by Gasteiger charge is 2.12. The van der Waals surface area contributed by atoms with Crippen molar-refractivity contribution in [2.75, 3.05) is 0 Å². The van der Waals surface area contributed by atoms with Gasteiger partial charge in [-0.05, 0) is 12.1 Å². The quantitative estimate of drug-likeness (QED) is 0.689. The maximum atomic E-state index is 12.5. The summed E-state index contributed by atoms with van der Waals surface area (Å²) in [6.07, 6.45) is 0. The van der Waals surface area contributed by atoms with Gasteiger partial charge in [-0.3, -0.25) is 9.36 Å². The zero-order valence-electron chi connectivity index (χ0n) is 10.7. The molecule has 0 radical (unpaired) electrons. The van der Waals surface area contributed by atoms with Gasteiger partial charge < -0.3 is 4.52 Å². The molecule has 3 rings (SSSR count). The Labute approximate surface area is 119 Å². The van der Waals surface area contributed by atoms with Gasteiger partial charge in [0.2, 0.25) is 5.89 Å². The predicted octanol–water partition coefficient (Wildman–Crippen LogP) is 1.88. The highest BCUT2D eigenvalue weighted by molar-refractivity contribution is 6.16. The maximum absolute atomic E-state index is 12.5. The van der Waals surface area contributed by atoms with Gasteiger partial charge in [-0.25, -0.2) is 4.98 Å². The highest BCUT2D eigenvalue weighted by Crippen LogP contribution is 2.10. The molecule has 0 aliphatic rings. The van der Waals surface area contributed by atoms with E-state index >= 15 is 0 Å². The van der Waals surface area contributed by atoms with E-state index < -0.39 is 0 Å². The molecule has 0 aliphatic carbocycles. The van der Waals surface area contributed by atoms with E-state index in [1.807, 2.05) is 6.07 Å². The lowest BCUT2D eigenvalue weighted by molar-refractivity contribution is 0.385. The van der Waals surface area contributed by atoms with E-state index in [4.69, 9.17) is 16.1 Å². The van der Waals surface area contributed by atoms with Crippen LogP contribution in [-0.4, -0.2) is 19.7 Å². The van der Waals surface area contributed by atoms with E-state index in [0.29, 0.717) is 28.4 Å². The van der Waals surface area contributed by atoms with Gasteiger partial charge in [0.25, 0.3) is 5.56 Å². The number of fused-ring (bicyclic) bond motifs is 1. The Morgan fingerprint density at radius 3 is 2.80 bits per heavy atom. The Morgan fingerprint density at radius 1 is 1.30 bits per heavy atom. The van der Waals surface area contributed by atoms with Crippen LogP contribution in [0.5, 0.6) is 0 Å². The summed E-state index contributed by atoms with van der Waals surface area (Å²) in [6.45, 7) is 1.89. The number of hydrogen-bond acceptors (Lipinski definition) is 5. The molecule has 102 valence electrons. The maximum Gasteiger partial charge on any atom is 0.261 e. The molecule has 2 aromatic heterocycles. The monoisotopic (exact) mass is 290 g/mol. The van der Waals surface area contributed by atoms with Gasteiger partial charge in [0, 0.05) is 6.92 Å². The molecule has 0 unspecified atom stereocenters. The Morgan fingerprint density at radius 2 is 2.10 bits per heavy atom. The van der Waals surface area contributed by atoms with Crippen LogP contribution in [0, 0.1) is 6.92 Å². The topological polar surface area (TPSA) is 73.8 Å². The highest BCUT2D eigenvalue weighted by atomic mass is 35.5. The number of hydrogen-bond donors (Lipinski definition) is 0. The van der Waals surface area contributed by atoms with Crippen LogP contribution in [0.2, 0.25) is 0 Å². The molecule has 1 aromatic carbocycles. The zero-order valence-corrected chi connectivity index (χ0v) is 11.5. The molecular weight excluding hydrogens is 280 g/mol. The summed E-state index contributed by atoms with van der Waals surface area (Å²) in [7, 11) is 0. The number of halogens is 1. The zero-order chi connectivity index (χ0) is 14.1. The van der Waals surface area contributed by atoms with E-state index in [2.05, 4.69) is 15.1 Å². The van der Waals surface area contributed by atoms with Gasteiger partial charge in [-0.2, -0.15) is 4.98 Å². The second-order valence-corrected chi connectivity index (χ2v) is 4.57. The average molecular weight is 291 g/mol. The first kappa shape index (κ1) is 12.8. The number of alkyl halides is 1. The van der Waals surface area contributed by atoms with Crippen molar-refractivity contribution >= 4 is 22.5 Å². The van der Waals surface area contributed by atoms with Crippen molar-refractivity contribution in [1.82, 2.24) is 19.7 Å². The van der Waals surface area contributed by atoms with Gasteiger partial charge in [0.15, 0.2) is 5.82 Å². The van der Waals surface area contributed by atoms with Crippen molar-refractivity contribution in [2.45, 2.75) is 19.3 Å². The van der Waals surface area contributed by atoms with Crippen molar-refractivity contribution in [3.05, 3.63) is 52.2 Å². The standard InChI is InChI=1S/C13H11ClN4O2/c1-8-15-11(17-20-8)7-18-12(6-14)16-10-5-3-2-4-9(10)13(18)19/h2-5H,6-7H2,1H3. The first-order chi connectivity index (χ1) is 9.69. The Kier molecular flexibility index (Phi) is 3.23. The molecule has 6 nitrogen and oxygen atoms in total. The normalized spacial score (nSPS) is 11.1. The molecule has 0 fully saturated rings. The van der Waals surface area contributed by atoms with Crippen molar-refractivity contribution in [3.63, 3.8) is 0 Å². The number of nitrogens with zero attached hydrogens (tertiary/aromatic N) is 4. The first-order valence-corrected chi connectivity index (χ1v) is 6.56. The Balaban J connectivity index is 2.18. The van der Waals surface area contributed by atoms with Crippen LogP contribution < -0.4 is 5.56 Å². The van der Waals surface area contributed by atoms with Crippen LogP contribution in [0.1, 0.15) is 17.5 Å². The van der Waals surface area contributed by atoms with Crippen LogP contribution in [-0.2, 0) is 12.4 Å². The second kappa shape index (κ2) is 5.05. The van der Waals surface area contributed by atoms with Gasteiger partial charge >= 0.3 is 0 Å². The third kappa shape index (κ3) is 2.18. The fourth-order valence-corrected chi connectivity index (χ4v) is 2.23. The Bertz CT molecular complexity index is 825. The number of aromatic nitrogens is 4. The molecule has 0 bridgehead atoms. The molecule has 7 heteroatoms. The van der Waals surface area contributed by atoms with Gasteiger partial charge in [-0.15, -0.1) is 11.6 Å². The van der Waals surface area contributed by atoms with Crippen molar-refractivity contribution in [3.8, 4) is 0 Å². The fourth-order valence-electron chi connectivity index (χ4n) is 2.03. The number of rotatable bonds is 3. The van der Waals surface area contributed by atoms with Gasteiger partial charge in [0.05, 0.1) is 23.3 Å². The minimum atomic E-state index is -0.159. The van der Waals surface area contributed by atoms with Crippen molar-refractivity contribution in [1.29, 1.82) is 0 Å². The number of benzene rings is 1. The lowest BCUT2D eigenvalue weighted by Gasteiger charge is -2.09. The molecule has 0 aliphatic heterocycles. The van der Waals surface area contributed by atoms with E-state index in [1.54, 1.807) is 25.1 Å². The molecule has 0 amide bonds. The van der Waals surface area contributed by atoms with Crippen LogP contribution in [0.25, 0.3) is 10.9 Å². The molecule has 20 heavy (non-hydrogen) atoms. The van der Waals surface area contributed by atoms with Crippen LogP contribution in [0.3, 0.4) is 0 Å². The number of para-hydroxylation sites is 1. The minimum Gasteiger partial charge on any atom is -0.340 e. The van der Waals surface area contributed by atoms with E-state index in [-0.39, 0.29) is 18.0 Å². The molecule has 0 N–H and O–H groups in total. The summed E-state index contributed by atoms with van der Waals surface area (Å²) in [6, 6.07) is 7.16. The molecule has 2 heterocycles. The Hall–Kier alpha value is -2.21. The number of aryl methyl sites for hydroxylation is 1. The fraction of sp³-hybridized carbons (Fsp3) is 0.231. The second-order valence-electron chi connectivity index (χ2n) is 4.30. The lowest BCUT2D eigenvalue weighted by atomic mass is 10.2. The first-order valence-electron chi connectivity index (χ1n) is 6.02. The molecule has 0 atom stereocenters. The summed E-state index contributed by atoms with van der Waals surface area (Å²) in [5, 5.41) is 4.33. The summed E-state index contributed by atoms with van der Waals surface area (Å²) in [4.78, 5) is 21.0. The summed E-state index contributed by atoms with van der Waals surface area (Å²) in [5.41, 5.74) is 0.474. The third-order valence-electron chi connectivity index (χ3n) is 2.93. The molecule has 0 saturated heterocycles. The van der Waals surface area contributed by atoms with Crippen molar-refractivity contribution in [2.24, 2.45) is 0 Å². The molecule has 3 aromatic rings. The third-order valence-corrected chi connectivity index (χ3v) is 3.17. The summed E-state index contributed by atoms with van der Waals surface area (Å²) in [5.74, 6) is 1.50. The molecular formula is C13H11ClN4O2. The predicted molar refractivity (Wildman–Crippen MR) is 73.7 cm³/mol. The summed E-state index contributed by atoms with van der Waals surface area (Å²) < 4.78 is 6.38. The smallest absolute Gasteiger partial charge is 0.261 e. The van der Waals surface area contributed by atoms with E-state index in [9.17, 15) is 4.79 Å².